The van der Waals surface area contributed by atoms with Crippen molar-refractivity contribution in [3.63, 3.8) is 0 Å². The first-order valence-corrected chi connectivity index (χ1v) is 14.1. The lowest BCUT2D eigenvalue weighted by molar-refractivity contribution is -0.158. The van der Waals surface area contributed by atoms with Gasteiger partial charge in [-0.3, -0.25) is 14.4 Å². The second-order valence-corrected chi connectivity index (χ2v) is 12.5. The number of aromatic amines is 1. The normalized spacial score (nSPS) is 20.4. The third-order valence-corrected chi connectivity index (χ3v) is 7.73. The molecule has 1 aliphatic heterocycles. The molecule has 3 unspecified atom stereocenters. The minimum Gasteiger partial charge on any atom is -0.349 e. The number of carbonyl (C=O) groups excluding carboxylic acids is 3. The van der Waals surface area contributed by atoms with E-state index in [9.17, 15) is 14.4 Å². The van der Waals surface area contributed by atoms with Crippen LogP contribution in [-0.2, 0) is 27.2 Å². The molecule has 0 bridgehead atoms. The van der Waals surface area contributed by atoms with Gasteiger partial charge >= 0.3 is 0 Å². The Hall–Kier alpha value is -3.94. The highest BCUT2D eigenvalue weighted by Gasteiger charge is 2.49. The van der Waals surface area contributed by atoms with Crippen molar-refractivity contribution in [1.82, 2.24) is 25.5 Å². The predicted octanol–water partition coefficient (Wildman–Crippen LogP) is 4.19. The van der Waals surface area contributed by atoms with Crippen LogP contribution in [0.4, 0.5) is 0 Å². The van der Waals surface area contributed by atoms with Crippen LogP contribution < -0.4 is 10.6 Å². The van der Waals surface area contributed by atoms with Crippen LogP contribution in [0.2, 0.25) is 0 Å². The van der Waals surface area contributed by atoms with E-state index in [1.807, 2.05) is 71.0 Å². The molecule has 210 valence electrons. The zero-order valence-corrected chi connectivity index (χ0v) is 23.9. The van der Waals surface area contributed by atoms with Crippen LogP contribution in [0.5, 0.6) is 0 Å². The lowest BCUT2D eigenvalue weighted by atomic mass is 9.87. The van der Waals surface area contributed by atoms with Gasteiger partial charge in [-0.25, -0.2) is 4.98 Å². The van der Waals surface area contributed by atoms with E-state index in [2.05, 4.69) is 32.7 Å². The molecule has 0 radical (unpaired) electrons. The SMILES string of the molecule is CC(C)CC1C(=O)NC(C2Cc3ccccc3C2)C(=O)N1C(C(=O)NC(C)(C)C)c1ccc(-c2ncc[nH]2)cc1. The van der Waals surface area contributed by atoms with Gasteiger partial charge in [0.2, 0.25) is 17.7 Å². The van der Waals surface area contributed by atoms with E-state index in [1.54, 1.807) is 17.3 Å². The molecule has 3 aromatic rings. The zero-order valence-electron chi connectivity index (χ0n) is 23.9. The number of fused-ring (bicyclic) bond motifs is 1. The second kappa shape index (κ2) is 10.9. The molecule has 8 nitrogen and oxygen atoms in total. The number of carbonyl (C=O) groups is 3. The highest BCUT2D eigenvalue weighted by atomic mass is 16.2. The fourth-order valence-electron chi connectivity index (χ4n) is 6.00. The van der Waals surface area contributed by atoms with Crippen LogP contribution in [0.3, 0.4) is 0 Å². The summed E-state index contributed by atoms with van der Waals surface area (Å²) in [6, 6.07) is 13.3. The Labute approximate surface area is 236 Å². The number of amides is 3. The van der Waals surface area contributed by atoms with Crippen molar-refractivity contribution < 1.29 is 14.4 Å². The van der Waals surface area contributed by atoms with Crippen molar-refractivity contribution in [1.29, 1.82) is 0 Å². The molecule has 1 aromatic heterocycles. The second-order valence-electron chi connectivity index (χ2n) is 12.5. The van der Waals surface area contributed by atoms with Crippen LogP contribution in [0.25, 0.3) is 11.4 Å². The van der Waals surface area contributed by atoms with Gasteiger partial charge in [0.1, 0.15) is 23.9 Å². The van der Waals surface area contributed by atoms with Crippen LogP contribution in [-0.4, -0.2) is 50.2 Å². The first kappa shape index (κ1) is 27.6. The van der Waals surface area contributed by atoms with Gasteiger partial charge in [0, 0.05) is 23.5 Å². The summed E-state index contributed by atoms with van der Waals surface area (Å²) in [5.41, 5.74) is 3.42. The zero-order chi connectivity index (χ0) is 28.6. The quantitative estimate of drug-likeness (QED) is 0.417. The minimum absolute atomic E-state index is 0.0657. The molecule has 0 saturated carbocycles. The fraction of sp³-hybridized carbons (Fsp3) is 0.438. The summed E-state index contributed by atoms with van der Waals surface area (Å²) >= 11 is 0. The van der Waals surface area contributed by atoms with Gasteiger partial charge in [-0.05, 0) is 68.6 Å². The fourth-order valence-corrected chi connectivity index (χ4v) is 6.00. The molecule has 2 heterocycles. The average Bonchev–Trinajstić information content (AvgIpc) is 3.57. The molecule has 1 aliphatic carbocycles. The molecular weight excluding hydrogens is 502 g/mol. The number of nitrogens with one attached hydrogen (secondary N) is 3. The van der Waals surface area contributed by atoms with Crippen molar-refractivity contribution in [2.24, 2.45) is 11.8 Å². The van der Waals surface area contributed by atoms with E-state index in [4.69, 9.17) is 0 Å². The van der Waals surface area contributed by atoms with Crippen LogP contribution in [0, 0.1) is 11.8 Å². The molecule has 3 amide bonds. The summed E-state index contributed by atoms with van der Waals surface area (Å²) in [5.74, 6) is 0.0926. The molecule has 8 heteroatoms. The van der Waals surface area contributed by atoms with E-state index in [0.29, 0.717) is 30.7 Å². The molecule has 3 N–H and O–H groups in total. The number of aromatic nitrogens is 2. The maximum Gasteiger partial charge on any atom is 0.247 e. The Morgan fingerprint density at radius 3 is 2.25 bits per heavy atom. The monoisotopic (exact) mass is 541 g/mol. The van der Waals surface area contributed by atoms with E-state index in [0.717, 1.165) is 5.56 Å². The summed E-state index contributed by atoms with van der Waals surface area (Å²) in [5, 5.41) is 6.16. The topological polar surface area (TPSA) is 107 Å². The van der Waals surface area contributed by atoms with Crippen molar-refractivity contribution in [3.8, 4) is 11.4 Å². The highest BCUT2D eigenvalue weighted by Crippen LogP contribution is 2.36. The van der Waals surface area contributed by atoms with Gasteiger partial charge in [0.25, 0.3) is 0 Å². The van der Waals surface area contributed by atoms with E-state index in [1.165, 1.54) is 11.1 Å². The third-order valence-electron chi connectivity index (χ3n) is 7.73. The van der Waals surface area contributed by atoms with Crippen LogP contribution >= 0.6 is 0 Å². The Morgan fingerprint density at radius 2 is 1.70 bits per heavy atom. The molecule has 2 aliphatic rings. The molecular formula is C32H39N5O3. The molecule has 1 saturated heterocycles. The lowest BCUT2D eigenvalue weighted by Crippen LogP contribution is -2.67. The summed E-state index contributed by atoms with van der Waals surface area (Å²) in [6.45, 7) is 9.79. The lowest BCUT2D eigenvalue weighted by Gasteiger charge is -2.45. The van der Waals surface area contributed by atoms with Gasteiger partial charge in [-0.1, -0.05) is 62.4 Å². The van der Waals surface area contributed by atoms with Crippen LogP contribution in [0.1, 0.15) is 63.8 Å². The molecule has 5 rings (SSSR count). The molecule has 2 aromatic carbocycles. The van der Waals surface area contributed by atoms with Gasteiger partial charge in [-0.15, -0.1) is 0 Å². The number of rotatable bonds is 7. The Morgan fingerprint density at radius 1 is 1.05 bits per heavy atom. The van der Waals surface area contributed by atoms with E-state index < -0.39 is 23.7 Å². The van der Waals surface area contributed by atoms with Crippen molar-refractivity contribution in [2.45, 2.75) is 77.5 Å². The third kappa shape index (κ3) is 5.67. The maximum absolute atomic E-state index is 14.5. The van der Waals surface area contributed by atoms with Crippen molar-refractivity contribution in [3.05, 3.63) is 77.6 Å². The van der Waals surface area contributed by atoms with Gasteiger partial charge in [0.15, 0.2) is 0 Å². The van der Waals surface area contributed by atoms with E-state index >= 15 is 0 Å². The summed E-state index contributed by atoms with van der Waals surface area (Å²) in [6.07, 6.45) is 5.33. The first-order chi connectivity index (χ1) is 19.0. The molecule has 1 fully saturated rings. The van der Waals surface area contributed by atoms with Gasteiger partial charge in [-0.2, -0.15) is 0 Å². The van der Waals surface area contributed by atoms with Crippen molar-refractivity contribution >= 4 is 17.7 Å². The number of hydrogen-bond donors (Lipinski definition) is 3. The standard InChI is InChI=1S/C32H39N5O3/c1-19(2)16-25-29(38)35-26(24-17-22-8-6-7-9-23(22)18-24)31(40)37(25)27(30(39)36-32(3,4)5)20-10-12-21(13-11-20)28-33-14-15-34-28/h6-15,19,24-27H,16-18H2,1-5H3,(H,33,34)(H,35,38)(H,36,39). The molecule has 0 spiro atoms. The summed E-state index contributed by atoms with van der Waals surface area (Å²) in [7, 11) is 0. The Bertz CT molecular complexity index is 1350. The van der Waals surface area contributed by atoms with Gasteiger partial charge in [0.05, 0.1) is 0 Å². The predicted molar refractivity (Wildman–Crippen MR) is 154 cm³/mol. The Balaban J connectivity index is 1.55. The summed E-state index contributed by atoms with van der Waals surface area (Å²) < 4.78 is 0. The maximum atomic E-state index is 14.5. The summed E-state index contributed by atoms with van der Waals surface area (Å²) in [4.78, 5) is 51.2. The molecule has 3 atom stereocenters. The van der Waals surface area contributed by atoms with E-state index in [-0.39, 0.29) is 29.6 Å². The highest BCUT2D eigenvalue weighted by molar-refractivity contribution is 6.00. The van der Waals surface area contributed by atoms with Gasteiger partial charge < -0.3 is 20.5 Å². The smallest absolute Gasteiger partial charge is 0.247 e. The minimum atomic E-state index is -0.960. The number of nitrogens with zero attached hydrogens (tertiary/aromatic N) is 2. The largest absolute Gasteiger partial charge is 0.349 e. The Kier molecular flexibility index (Phi) is 7.53. The first-order valence-electron chi connectivity index (χ1n) is 14.1. The average molecular weight is 542 g/mol. The number of hydrogen-bond acceptors (Lipinski definition) is 4. The molecule has 40 heavy (non-hydrogen) atoms. The number of H-pyrrole nitrogens is 1. The number of piperazine rings is 1. The number of imidazole rings is 1. The van der Waals surface area contributed by atoms with Crippen molar-refractivity contribution in [2.75, 3.05) is 0 Å². The number of benzene rings is 2. The van der Waals surface area contributed by atoms with Crippen LogP contribution in [0.15, 0.2) is 60.9 Å².